The van der Waals surface area contributed by atoms with Gasteiger partial charge in [-0.05, 0) is 18.1 Å². The zero-order valence-electron chi connectivity index (χ0n) is 8.98. The maximum Gasteiger partial charge on any atom is 0.274 e. The second-order valence-corrected chi connectivity index (χ2v) is 4.04. The highest BCUT2D eigenvalue weighted by Gasteiger charge is 2.13. The smallest absolute Gasteiger partial charge is 0.274 e. The van der Waals surface area contributed by atoms with E-state index in [1.165, 1.54) is 7.11 Å². The molecule has 0 heterocycles. The number of ether oxygens (including phenoxy) is 2. The van der Waals surface area contributed by atoms with E-state index >= 15 is 0 Å². The molecule has 0 saturated heterocycles. The molecule has 1 aromatic carbocycles. The molecule has 0 radical (unpaired) electrons. The Morgan fingerprint density at radius 2 is 2.19 bits per heavy atom. The van der Waals surface area contributed by atoms with Gasteiger partial charge >= 0.3 is 0 Å². The number of rotatable bonds is 6. The first-order valence-electron chi connectivity index (χ1n) is 4.82. The van der Waals surface area contributed by atoms with Gasteiger partial charge in [0, 0.05) is 11.6 Å². The van der Waals surface area contributed by atoms with Gasteiger partial charge in [-0.3, -0.25) is 4.79 Å². The highest BCUT2D eigenvalue weighted by Crippen LogP contribution is 2.16. The summed E-state index contributed by atoms with van der Waals surface area (Å²) in [5.41, 5.74) is 6.17. The normalized spacial score (nSPS) is 12.4. The molecule has 1 unspecified atom stereocenters. The fraction of sp³-hybridized carbons (Fsp3) is 0.364. The van der Waals surface area contributed by atoms with Crippen LogP contribution in [0.3, 0.4) is 0 Å². The third-order valence-corrected chi connectivity index (χ3v) is 2.82. The summed E-state index contributed by atoms with van der Waals surface area (Å²) in [6.45, 7) is 0.379. The first-order valence-corrected chi connectivity index (χ1v) is 5.61. The van der Waals surface area contributed by atoms with Gasteiger partial charge in [0.2, 0.25) is 6.29 Å². The van der Waals surface area contributed by atoms with Crippen LogP contribution in [0.5, 0.6) is 0 Å². The molecule has 0 bridgehead atoms. The lowest BCUT2D eigenvalue weighted by Gasteiger charge is -2.12. The SMILES string of the molecule is COC(OCCc1ccccc1Br)C(N)=O. The van der Waals surface area contributed by atoms with E-state index in [0.717, 1.165) is 10.0 Å². The summed E-state index contributed by atoms with van der Waals surface area (Å²) in [6.07, 6.45) is -0.281. The fourth-order valence-electron chi connectivity index (χ4n) is 1.24. The molecule has 1 amide bonds. The van der Waals surface area contributed by atoms with Crippen LogP contribution < -0.4 is 5.73 Å². The van der Waals surface area contributed by atoms with E-state index in [0.29, 0.717) is 13.0 Å². The molecule has 0 fully saturated rings. The predicted molar refractivity (Wildman–Crippen MR) is 63.8 cm³/mol. The first kappa shape index (κ1) is 13.2. The Kier molecular flexibility index (Phi) is 5.45. The van der Waals surface area contributed by atoms with Gasteiger partial charge in [-0.2, -0.15) is 0 Å². The molecule has 0 saturated carbocycles. The van der Waals surface area contributed by atoms with Crippen molar-refractivity contribution in [3.63, 3.8) is 0 Å². The zero-order chi connectivity index (χ0) is 12.0. The molecule has 0 aliphatic heterocycles. The Hall–Kier alpha value is -0.910. The molecule has 16 heavy (non-hydrogen) atoms. The Morgan fingerprint density at radius 1 is 1.50 bits per heavy atom. The molecule has 1 rings (SSSR count). The second kappa shape index (κ2) is 6.62. The monoisotopic (exact) mass is 287 g/mol. The van der Waals surface area contributed by atoms with Crippen molar-refractivity contribution < 1.29 is 14.3 Å². The van der Waals surface area contributed by atoms with Crippen LogP contribution >= 0.6 is 15.9 Å². The fourth-order valence-corrected chi connectivity index (χ4v) is 1.73. The third kappa shape index (κ3) is 3.92. The lowest BCUT2D eigenvalue weighted by molar-refractivity contribution is -0.161. The number of nitrogens with two attached hydrogens (primary N) is 1. The third-order valence-electron chi connectivity index (χ3n) is 2.04. The van der Waals surface area contributed by atoms with Crippen molar-refractivity contribution in [3.8, 4) is 0 Å². The predicted octanol–water partition coefficient (Wildman–Crippen LogP) is 1.47. The minimum Gasteiger partial charge on any atom is -0.365 e. The largest absolute Gasteiger partial charge is 0.365 e. The van der Waals surface area contributed by atoms with Gasteiger partial charge in [0.25, 0.3) is 5.91 Å². The van der Waals surface area contributed by atoms with Crippen LogP contribution in [0.4, 0.5) is 0 Å². The number of hydrogen-bond acceptors (Lipinski definition) is 3. The lowest BCUT2D eigenvalue weighted by atomic mass is 10.2. The van der Waals surface area contributed by atoms with Crippen LogP contribution in [0.2, 0.25) is 0 Å². The van der Waals surface area contributed by atoms with E-state index < -0.39 is 12.2 Å². The number of carbonyl (C=O) groups excluding carboxylic acids is 1. The number of halogens is 1. The number of carbonyl (C=O) groups is 1. The average Bonchev–Trinajstić information content (AvgIpc) is 2.26. The number of benzene rings is 1. The maximum atomic E-state index is 10.8. The molecule has 4 nitrogen and oxygen atoms in total. The zero-order valence-corrected chi connectivity index (χ0v) is 10.6. The van der Waals surface area contributed by atoms with Crippen molar-refractivity contribution in [3.05, 3.63) is 34.3 Å². The van der Waals surface area contributed by atoms with E-state index in [1.54, 1.807) is 0 Å². The molecule has 5 heteroatoms. The van der Waals surface area contributed by atoms with Gasteiger partial charge < -0.3 is 15.2 Å². The van der Waals surface area contributed by atoms with Gasteiger partial charge in [0.15, 0.2) is 0 Å². The Morgan fingerprint density at radius 3 is 2.75 bits per heavy atom. The molecule has 88 valence electrons. The molecule has 0 aromatic heterocycles. The van der Waals surface area contributed by atoms with Crippen molar-refractivity contribution in [1.29, 1.82) is 0 Å². The first-order chi connectivity index (χ1) is 7.65. The number of amides is 1. The van der Waals surface area contributed by atoms with E-state index in [-0.39, 0.29) is 0 Å². The van der Waals surface area contributed by atoms with Crippen LogP contribution in [-0.4, -0.2) is 25.9 Å². The number of hydrogen-bond donors (Lipinski definition) is 1. The Labute approximate surface area is 103 Å². The molecule has 0 spiro atoms. The molecular weight excluding hydrogens is 274 g/mol. The van der Waals surface area contributed by atoms with Crippen molar-refractivity contribution in [2.24, 2.45) is 5.73 Å². The second-order valence-electron chi connectivity index (χ2n) is 3.18. The highest BCUT2D eigenvalue weighted by molar-refractivity contribution is 9.10. The van der Waals surface area contributed by atoms with E-state index in [1.807, 2.05) is 24.3 Å². The number of primary amides is 1. The summed E-state index contributed by atoms with van der Waals surface area (Å²) in [5.74, 6) is -0.616. The quantitative estimate of drug-likeness (QED) is 0.806. The highest BCUT2D eigenvalue weighted by atomic mass is 79.9. The van der Waals surface area contributed by atoms with Gasteiger partial charge in [0.1, 0.15) is 0 Å². The van der Waals surface area contributed by atoms with Crippen LogP contribution in [0, 0.1) is 0 Å². The molecular formula is C11H14BrNO3. The van der Waals surface area contributed by atoms with Crippen LogP contribution in [0.15, 0.2) is 28.7 Å². The van der Waals surface area contributed by atoms with Crippen LogP contribution in [0.1, 0.15) is 5.56 Å². The molecule has 0 aliphatic rings. The Balaban J connectivity index is 2.41. The van der Waals surface area contributed by atoms with Crippen molar-refractivity contribution >= 4 is 21.8 Å². The number of methoxy groups -OCH3 is 1. The van der Waals surface area contributed by atoms with Crippen LogP contribution in [-0.2, 0) is 20.7 Å². The minimum absolute atomic E-state index is 0.379. The summed E-state index contributed by atoms with van der Waals surface area (Å²) >= 11 is 3.43. The van der Waals surface area contributed by atoms with Crippen LogP contribution in [0.25, 0.3) is 0 Å². The molecule has 0 aliphatic carbocycles. The van der Waals surface area contributed by atoms with Gasteiger partial charge in [-0.25, -0.2) is 0 Å². The summed E-state index contributed by atoms with van der Waals surface area (Å²) in [6, 6.07) is 7.83. The lowest BCUT2D eigenvalue weighted by Crippen LogP contribution is -2.33. The molecule has 1 aromatic rings. The summed E-state index contributed by atoms with van der Waals surface area (Å²) < 4.78 is 11.0. The van der Waals surface area contributed by atoms with E-state index in [9.17, 15) is 4.79 Å². The maximum absolute atomic E-state index is 10.8. The molecule has 2 N–H and O–H groups in total. The summed E-state index contributed by atoms with van der Waals surface area (Å²) in [7, 11) is 1.38. The van der Waals surface area contributed by atoms with E-state index in [2.05, 4.69) is 15.9 Å². The summed E-state index contributed by atoms with van der Waals surface area (Å²) in [5, 5.41) is 0. The van der Waals surface area contributed by atoms with E-state index in [4.69, 9.17) is 15.2 Å². The van der Waals surface area contributed by atoms with Crippen molar-refractivity contribution in [2.75, 3.05) is 13.7 Å². The topological polar surface area (TPSA) is 61.6 Å². The average molecular weight is 288 g/mol. The van der Waals surface area contributed by atoms with Crippen molar-refractivity contribution in [1.82, 2.24) is 0 Å². The van der Waals surface area contributed by atoms with Crippen molar-refractivity contribution in [2.45, 2.75) is 12.7 Å². The van der Waals surface area contributed by atoms with Gasteiger partial charge in [-0.1, -0.05) is 34.1 Å². The Bertz CT molecular complexity index is 357. The standard InChI is InChI=1S/C11H14BrNO3/c1-15-11(10(13)14)16-7-6-8-4-2-3-5-9(8)12/h2-5,11H,6-7H2,1H3,(H2,13,14). The van der Waals surface area contributed by atoms with Gasteiger partial charge in [0.05, 0.1) is 6.61 Å². The molecule has 1 atom stereocenters. The van der Waals surface area contributed by atoms with Gasteiger partial charge in [-0.15, -0.1) is 0 Å². The summed E-state index contributed by atoms with van der Waals surface area (Å²) in [4.78, 5) is 10.8. The minimum atomic E-state index is -0.970.